The fourth-order valence-electron chi connectivity index (χ4n) is 4.56. The Bertz CT molecular complexity index is 2250. The average Bonchev–Trinajstić information content (AvgIpc) is 2.99. The first-order valence-corrected chi connectivity index (χ1v) is 17.9. The molecule has 0 aliphatic rings. The molecule has 19 heteroatoms. The summed E-state index contributed by atoms with van der Waals surface area (Å²) in [5.74, 6) is -0.727. The van der Waals surface area contributed by atoms with Crippen molar-refractivity contribution in [3.05, 3.63) is 60.2 Å². The molecule has 0 unspecified atom stereocenters. The lowest BCUT2D eigenvalue weighted by molar-refractivity contribution is 0.416. The number of ether oxygens (including phenoxy) is 1. The van der Waals surface area contributed by atoms with E-state index in [9.17, 15) is 39.5 Å². The Morgan fingerprint density at radius 3 is 1.96 bits per heavy atom. The standard InChI is InChI=1S/C28H30N6O10S3/c1-5-34(6-2)45(36,37)19-9-7-18(8-10-19)30-31-22-15-24(44-4)23(11-16(22)3)32-33-27-25(47(41,42)43)13-17-12-20(46(38,39)40)14-21(29)26(17)28(27)35/h7-15,35H,5-6,29H2,1-4H3,(H,38,39,40)(H,41,42,43). The predicted octanol–water partition coefficient (Wildman–Crippen LogP) is 5.80. The third-order valence-electron chi connectivity index (χ3n) is 6.94. The highest BCUT2D eigenvalue weighted by Crippen LogP contribution is 2.45. The fraction of sp³-hybridized carbons (Fsp3) is 0.214. The number of phenolic OH excluding ortho intramolecular Hbond substituents is 1. The van der Waals surface area contributed by atoms with Crippen LogP contribution >= 0.6 is 0 Å². The third kappa shape index (κ3) is 7.39. The van der Waals surface area contributed by atoms with E-state index in [0.717, 1.165) is 18.2 Å². The van der Waals surface area contributed by atoms with Crippen molar-refractivity contribution in [1.82, 2.24) is 4.31 Å². The topological polar surface area (TPSA) is 251 Å². The number of methoxy groups -OCH3 is 1. The first-order chi connectivity index (χ1) is 21.9. The number of fused-ring (bicyclic) bond motifs is 1. The molecule has 47 heavy (non-hydrogen) atoms. The number of anilines is 1. The Morgan fingerprint density at radius 2 is 1.40 bits per heavy atom. The molecule has 5 N–H and O–H groups in total. The van der Waals surface area contributed by atoms with E-state index < -0.39 is 51.5 Å². The molecule has 0 radical (unpaired) electrons. The Balaban J connectivity index is 1.72. The lowest BCUT2D eigenvalue weighted by atomic mass is 10.1. The van der Waals surface area contributed by atoms with Crippen molar-refractivity contribution in [2.75, 3.05) is 25.9 Å². The van der Waals surface area contributed by atoms with Gasteiger partial charge in [-0.3, -0.25) is 9.11 Å². The molecule has 250 valence electrons. The van der Waals surface area contributed by atoms with Crippen LogP contribution in [0.15, 0.2) is 89.7 Å². The van der Waals surface area contributed by atoms with Crippen LogP contribution in [0.2, 0.25) is 0 Å². The van der Waals surface area contributed by atoms with E-state index in [1.54, 1.807) is 20.8 Å². The minimum absolute atomic E-state index is 0.0605. The van der Waals surface area contributed by atoms with Crippen LogP contribution in [0, 0.1) is 6.92 Å². The van der Waals surface area contributed by atoms with Crippen molar-refractivity contribution in [2.24, 2.45) is 20.5 Å². The van der Waals surface area contributed by atoms with Crippen LogP contribution in [0.4, 0.5) is 28.4 Å². The zero-order valence-corrected chi connectivity index (χ0v) is 27.8. The second-order valence-electron chi connectivity index (χ2n) is 9.93. The van der Waals surface area contributed by atoms with Crippen LogP contribution in [0.25, 0.3) is 10.8 Å². The molecule has 0 amide bonds. The van der Waals surface area contributed by atoms with Gasteiger partial charge in [0.15, 0.2) is 5.75 Å². The molecule has 0 spiro atoms. The van der Waals surface area contributed by atoms with Crippen molar-refractivity contribution in [1.29, 1.82) is 0 Å². The van der Waals surface area contributed by atoms with E-state index in [0.29, 0.717) is 30.0 Å². The van der Waals surface area contributed by atoms with Gasteiger partial charge in [0.1, 0.15) is 22.0 Å². The van der Waals surface area contributed by atoms with Crippen LogP contribution in [0.3, 0.4) is 0 Å². The highest BCUT2D eigenvalue weighted by molar-refractivity contribution is 7.89. The van der Waals surface area contributed by atoms with Gasteiger partial charge in [-0.15, -0.1) is 10.2 Å². The van der Waals surface area contributed by atoms with Crippen molar-refractivity contribution < 1.29 is 44.2 Å². The van der Waals surface area contributed by atoms with Crippen molar-refractivity contribution in [3.63, 3.8) is 0 Å². The van der Waals surface area contributed by atoms with Gasteiger partial charge in [-0.25, -0.2) is 8.42 Å². The van der Waals surface area contributed by atoms with Crippen LogP contribution in [0.5, 0.6) is 11.5 Å². The van der Waals surface area contributed by atoms with E-state index in [4.69, 9.17) is 10.5 Å². The highest BCUT2D eigenvalue weighted by atomic mass is 32.2. The zero-order valence-electron chi connectivity index (χ0n) is 25.3. The first-order valence-electron chi connectivity index (χ1n) is 13.6. The van der Waals surface area contributed by atoms with Gasteiger partial charge in [-0.1, -0.05) is 13.8 Å². The van der Waals surface area contributed by atoms with Gasteiger partial charge in [-0.2, -0.15) is 31.4 Å². The smallest absolute Gasteiger partial charge is 0.296 e. The summed E-state index contributed by atoms with van der Waals surface area (Å²) in [4.78, 5) is -1.47. The minimum Gasteiger partial charge on any atom is -0.505 e. The van der Waals surface area contributed by atoms with Gasteiger partial charge in [0.25, 0.3) is 20.2 Å². The number of aromatic hydroxyl groups is 1. The Labute approximate surface area is 270 Å². The number of nitrogens with zero attached hydrogens (tertiary/aromatic N) is 5. The highest BCUT2D eigenvalue weighted by Gasteiger charge is 2.25. The largest absolute Gasteiger partial charge is 0.505 e. The number of nitrogen functional groups attached to an aromatic ring is 1. The maximum Gasteiger partial charge on any atom is 0.296 e. The first kappa shape index (κ1) is 35.3. The molecule has 0 heterocycles. The number of hydrogen-bond donors (Lipinski definition) is 4. The number of azo groups is 2. The maximum absolute atomic E-state index is 12.7. The summed E-state index contributed by atoms with van der Waals surface area (Å²) in [6.45, 7) is 5.82. The molecule has 4 aromatic carbocycles. The van der Waals surface area contributed by atoms with Crippen molar-refractivity contribution >= 4 is 69.5 Å². The van der Waals surface area contributed by atoms with Gasteiger partial charge in [0.05, 0.1) is 28.3 Å². The van der Waals surface area contributed by atoms with Crippen molar-refractivity contribution in [3.8, 4) is 11.5 Å². The van der Waals surface area contributed by atoms with E-state index in [2.05, 4.69) is 20.5 Å². The van der Waals surface area contributed by atoms with Crippen LogP contribution in [-0.4, -0.2) is 64.0 Å². The number of benzene rings is 4. The number of phenols is 1. The van der Waals surface area contributed by atoms with E-state index in [-0.39, 0.29) is 32.8 Å². The van der Waals surface area contributed by atoms with Gasteiger partial charge < -0.3 is 15.6 Å². The van der Waals surface area contributed by atoms with Crippen LogP contribution in [-0.2, 0) is 30.3 Å². The summed E-state index contributed by atoms with van der Waals surface area (Å²) in [7, 11) is -12.1. The summed E-state index contributed by atoms with van der Waals surface area (Å²) < 4.78 is 99.1. The van der Waals surface area contributed by atoms with Crippen LogP contribution in [0.1, 0.15) is 19.4 Å². The molecular formula is C28H30N6O10S3. The molecule has 4 rings (SSSR count). The average molecular weight is 707 g/mol. The lowest BCUT2D eigenvalue weighted by Crippen LogP contribution is -2.30. The minimum atomic E-state index is -5.06. The zero-order chi connectivity index (χ0) is 34.9. The predicted molar refractivity (Wildman–Crippen MR) is 172 cm³/mol. The number of hydrogen-bond acceptors (Lipinski definition) is 13. The van der Waals surface area contributed by atoms with Gasteiger partial charge in [-0.05, 0) is 66.4 Å². The fourth-order valence-corrected chi connectivity index (χ4v) is 7.23. The summed E-state index contributed by atoms with van der Waals surface area (Å²) >= 11 is 0. The molecule has 0 saturated heterocycles. The molecule has 0 fully saturated rings. The van der Waals surface area contributed by atoms with Crippen molar-refractivity contribution in [2.45, 2.75) is 35.5 Å². The molecule has 0 bridgehead atoms. The van der Waals surface area contributed by atoms with Crippen LogP contribution < -0.4 is 10.5 Å². The Kier molecular flexibility index (Phi) is 9.99. The molecule has 16 nitrogen and oxygen atoms in total. The van der Waals surface area contributed by atoms with E-state index in [1.165, 1.54) is 47.8 Å². The maximum atomic E-state index is 12.7. The van der Waals surface area contributed by atoms with Gasteiger partial charge >= 0.3 is 0 Å². The second-order valence-corrected chi connectivity index (χ2v) is 14.7. The molecule has 0 saturated carbocycles. The van der Waals surface area contributed by atoms with Gasteiger partial charge in [0.2, 0.25) is 10.0 Å². The number of rotatable bonds is 11. The molecule has 0 aromatic heterocycles. The number of nitrogens with two attached hydrogens (primary N) is 1. The number of sulfonamides is 1. The Hall–Kier alpha value is -4.53. The number of aryl methyl sites for hydroxylation is 1. The summed E-state index contributed by atoms with van der Waals surface area (Å²) in [5.41, 5.74) is 6.15. The molecule has 4 aromatic rings. The van der Waals surface area contributed by atoms with E-state index in [1.807, 2.05) is 0 Å². The normalized spacial score (nSPS) is 12.9. The monoisotopic (exact) mass is 706 g/mol. The second kappa shape index (κ2) is 13.3. The quantitative estimate of drug-likeness (QED) is 0.0824. The summed E-state index contributed by atoms with van der Waals surface area (Å²) in [6, 6.07) is 11.4. The van der Waals surface area contributed by atoms with E-state index >= 15 is 0 Å². The summed E-state index contributed by atoms with van der Waals surface area (Å²) in [5, 5.41) is 26.8. The summed E-state index contributed by atoms with van der Waals surface area (Å²) in [6.07, 6.45) is 0. The molecular weight excluding hydrogens is 677 g/mol. The van der Waals surface area contributed by atoms with Gasteiger partial charge in [0, 0.05) is 30.2 Å². The SMILES string of the molecule is CCN(CC)S(=O)(=O)c1ccc(N=Nc2cc(OC)c(N=Nc3c(S(=O)(=O)O)cc4cc(S(=O)(=O)O)cc(N)c4c3O)cc2C)cc1. The molecule has 0 aliphatic carbocycles. The Morgan fingerprint density at radius 1 is 0.787 bits per heavy atom. The molecule has 0 atom stereocenters. The molecule has 0 aliphatic heterocycles. The third-order valence-corrected chi connectivity index (χ3v) is 10.7. The lowest BCUT2D eigenvalue weighted by Gasteiger charge is -2.18.